The highest BCUT2D eigenvalue weighted by molar-refractivity contribution is 6.12. The van der Waals surface area contributed by atoms with Crippen LogP contribution in [-0.2, 0) is 0 Å². The van der Waals surface area contributed by atoms with Crippen molar-refractivity contribution in [3.8, 4) is 5.75 Å². The van der Waals surface area contributed by atoms with Crippen LogP contribution in [0.3, 0.4) is 0 Å². The molecule has 0 radical (unpaired) electrons. The molecule has 0 aliphatic carbocycles. The number of ether oxygens (including phenoxy) is 1. The number of rotatable bonds is 1. The summed E-state index contributed by atoms with van der Waals surface area (Å²) in [4.78, 5) is 15.8. The molecule has 0 fully saturated rings. The van der Waals surface area contributed by atoms with E-state index in [1.165, 1.54) is 25.5 Å². The molecule has 0 amide bonds. The molecule has 0 aromatic heterocycles. The van der Waals surface area contributed by atoms with Gasteiger partial charge in [-0.2, -0.15) is 0 Å². The second kappa shape index (κ2) is 3.46. The smallest absolute Gasteiger partial charge is 0.180 e. The number of Topliss-reactive ketones (excluding diaryl/α,β-unsaturated/α-hetero) is 1. The summed E-state index contributed by atoms with van der Waals surface area (Å²) in [5.74, 6) is -0.786. The third kappa shape index (κ3) is 1.42. The minimum absolute atomic E-state index is 0.0315. The molecule has 1 aromatic carbocycles. The van der Waals surface area contributed by atoms with Crippen LogP contribution in [0, 0.1) is 11.7 Å². The predicted molar refractivity (Wildman–Crippen MR) is 54.6 cm³/mol. The van der Waals surface area contributed by atoms with Crippen molar-refractivity contribution in [3.63, 3.8) is 0 Å². The van der Waals surface area contributed by atoms with Crippen molar-refractivity contribution in [2.45, 2.75) is 6.92 Å². The van der Waals surface area contributed by atoms with E-state index in [9.17, 15) is 9.18 Å². The second-order valence-electron chi connectivity index (χ2n) is 3.41. The molecule has 0 bridgehead atoms. The van der Waals surface area contributed by atoms with Gasteiger partial charge >= 0.3 is 0 Å². The number of ketones is 1. The topological polar surface area (TPSA) is 38.7 Å². The van der Waals surface area contributed by atoms with Crippen LogP contribution in [0.25, 0.3) is 0 Å². The van der Waals surface area contributed by atoms with Crippen LogP contribution in [0.5, 0.6) is 5.75 Å². The number of nitrogens with zero attached hydrogens (tertiary/aromatic N) is 1. The number of benzene rings is 1. The largest absolute Gasteiger partial charge is 0.491 e. The maximum absolute atomic E-state index is 13.3. The number of aliphatic imine (C=N–C) groups is 1. The van der Waals surface area contributed by atoms with Crippen LogP contribution < -0.4 is 4.74 Å². The van der Waals surface area contributed by atoms with Crippen LogP contribution in [0.1, 0.15) is 17.3 Å². The molecular weight excluding hydrogens is 197 g/mol. The molecule has 0 saturated heterocycles. The molecule has 15 heavy (non-hydrogen) atoms. The van der Waals surface area contributed by atoms with E-state index in [-0.39, 0.29) is 17.5 Å². The third-order valence-corrected chi connectivity index (χ3v) is 2.39. The van der Waals surface area contributed by atoms with Gasteiger partial charge in [-0.05, 0) is 12.1 Å². The quantitative estimate of drug-likeness (QED) is 0.709. The number of hydrogen-bond donors (Lipinski definition) is 0. The minimum atomic E-state index is -0.504. The Balaban J connectivity index is 2.67. The van der Waals surface area contributed by atoms with Crippen molar-refractivity contribution in [2.24, 2.45) is 10.9 Å². The highest BCUT2D eigenvalue weighted by Crippen LogP contribution is 2.37. The summed E-state index contributed by atoms with van der Waals surface area (Å²) in [6, 6.07) is 2.67. The number of hydrogen-bond acceptors (Lipinski definition) is 3. The Morgan fingerprint density at radius 3 is 2.87 bits per heavy atom. The zero-order valence-corrected chi connectivity index (χ0v) is 8.45. The summed E-state index contributed by atoms with van der Waals surface area (Å²) < 4.78 is 18.2. The van der Waals surface area contributed by atoms with Gasteiger partial charge < -0.3 is 4.74 Å². The van der Waals surface area contributed by atoms with Crippen molar-refractivity contribution in [2.75, 3.05) is 7.11 Å². The van der Waals surface area contributed by atoms with Crippen LogP contribution in [0.15, 0.2) is 17.1 Å². The number of halogens is 1. The molecule has 2 rings (SSSR count). The van der Waals surface area contributed by atoms with E-state index >= 15 is 0 Å². The standard InChI is InChI=1S/C11H10FNO2/c1-6-5-13-9-7(10(6)14)3-4-8(12)11(9)15-2/h3-6H,1-2H3. The van der Waals surface area contributed by atoms with E-state index in [0.29, 0.717) is 11.3 Å². The number of carbonyl (C=O) groups is 1. The summed E-state index contributed by atoms with van der Waals surface area (Å²) >= 11 is 0. The number of fused-ring (bicyclic) bond motifs is 1. The van der Waals surface area contributed by atoms with Gasteiger partial charge in [0.05, 0.1) is 13.0 Å². The fourth-order valence-electron chi connectivity index (χ4n) is 1.57. The maximum Gasteiger partial charge on any atom is 0.180 e. The van der Waals surface area contributed by atoms with Gasteiger partial charge in [-0.25, -0.2) is 4.39 Å². The van der Waals surface area contributed by atoms with E-state index < -0.39 is 5.82 Å². The Morgan fingerprint density at radius 1 is 1.47 bits per heavy atom. The molecule has 1 aliphatic rings. The van der Waals surface area contributed by atoms with E-state index in [1.54, 1.807) is 6.92 Å². The highest BCUT2D eigenvalue weighted by atomic mass is 19.1. The Labute approximate surface area is 86.6 Å². The van der Waals surface area contributed by atoms with Crippen LogP contribution >= 0.6 is 0 Å². The molecule has 78 valence electrons. The van der Waals surface area contributed by atoms with Gasteiger partial charge in [-0.15, -0.1) is 0 Å². The molecule has 1 unspecified atom stereocenters. The minimum Gasteiger partial charge on any atom is -0.491 e. The summed E-state index contributed by atoms with van der Waals surface area (Å²) in [5.41, 5.74) is 0.712. The van der Waals surface area contributed by atoms with Crippen molar-refractivity contribution in [3.05, 3.63) is 23.5 Å². The van der Waals surface area contributed by atoms with E-state index in [4.69, 9.17) is 4.74 Å². The van der Waals surface area contributed by atoms with Crippen molar-refractivity contribution in [1.82, 2.24) is 0 Å². The predicted octanol–water partition coefficient (Wildman–Crippen LogP) is 2.37. The molecule has 1 heterocycles. The Bertz CT molecular complexity index is 454. The number of methoxy groups -OCH3 is 1. The SMILES string of the molecule is COc1c(F)ccc2c1N=CC(C)C2=O. The van der Waals surface area contributed by atoms with Crippen LogP contribution in [0.2, 0.25) is 0 Å². The summed E-state index contributed by atoms with van der Waals surface area (Å²) in [7, 11) is 1.36. The Morgan fingerprint density at radius 2 is 2.20 bits per heavy atom. The fourth-order valence-corrected chi connectivity index (χ4v) is 1.57. The van der Waals surface area contributed by atoms with Gasteiger partial charge in [-0.1, -0.05) is 6.92 Å². The number of carbonyl (C=O) groups excluding carboxylic acids is 1. The van der Waals surface area contributed by atoms with Gasteiger partial charge in [0.2, 0.25) is 0 Å². The van der Waals surface area contributed by atoms with E-state index in [1.807, 2.05) is 0 Å². The molecule has 0 saturated carbocycles. The van der Waals surface area contributed by atoms with Gasteiger partial charge in [0.1, 0.15) is 5.69 Å². The third-order valence-electron chi connectivity index (χ3n) is 2.39. The first kappa shape index (κ1) is 9.83. The average Bonchev–Trinajstić information content (AvgIpc) is 2.23. The molecule has 1 aromatic rings. The molecule has 1 aliphatic heterocycles. The Hall–Kier alpha value is -1.71. The summed E-state index contributed by atoms with van der Waals surface area (Å²) in [6.07, 6.45) is 1.51. The first-order chi connectivity index (χ1) is 7.15. The van der Waals surface area contributed by atoms with Crippen molar-refractivity contribution in [1.29, 1.82) is 0 Å². The fraction of sp³-hybridized carbons (Fsp3) is 0.273. The molecule has 0 spiro atoms. The van der Waals surface area contributed by atoms with Crippen molar-refractivity contribution < 1.29 is 13.9 Å². The van der Waals surface area contributed by atoms with E-state index in [2.05, 4.69) is 4.99 Å². The van der Waals surface area contributed by atoms with Gasteiger partial charge in [0, 0.05) is 11.8 Å². The molecule has 4 heteroatoms. The zero-order valence-electron chi connectivity index (χ0n) is 8.45. The average molecular weight is 207 g/mol. The van der Waals surface area contributed by atoms with Gasteiger partial charge in [-0.3, -0.25) is 9.79 Å². The lowest BCUT2D eigenvalue weighted by molar-refractivity contribution is 0.0962. The van der Waals surface area contributed by atoms with Crippen LogP contribution in [0.4, 0.5) is 10.1 Å². The van der Waals surface area contributed by atoms with Gasteiger partial charge in [0.25, 0.3) is 0 Å². The summed E-state index contributed by atoms with van der Waals surface area (Å²) in [5, 5.41) is 0. The van der Waals surface area contributed by atoms with E-state index in [0.717, 1.165) is 0 Å². The van der Waals surface area contributed by atoms with Crippen LogP contribution in [-0.4, -0.2) is 19.1 Å². The first-order valence-corrected chi connectivity index (χ1v) is 4.60. The highest BCUT2D eigenvalue weighted by Gasteiger charge is 2.25. The molecule has 0 N–H and O–H groups in total. The Kier molecular flexibility index (Phi) is 2.26. The molecule has 1 atom stereocenters. The molecule has 3 nitrogen and oxygen atoms in total. The lowest BCUT2D eigenvalue weighted by Gasteiger charge is -2.16. The lowest BCUT2D eigenvalue weighted by atomic mass is 9.96. The lowest BCUT2D eigenvalue weighted by Crippen LogP contribution is -2.16. The summed E-state index contributed by atoms with van der Waals surface area (Å²) in [6.45, 7) is 1.75. The maximum atomic E-state index is 13.3. The normalized spacial score (nSPS) is 18.9. The van der Waals surface area contributed by atoms with Gasteiger partial charge in [0.15, 0.2) is 17.3 Å². The molecular formula is C11H10FNO2. The monoisotopic (exact) mass is 207 g/mol. The zero-order chi connectivity index (χ0) is 11.0. The van der Waals surface area contributed by atoms with Crippen molar-refractivity contribution >= 4 is 17.7 Å². The first-order valence-electron chi connectivity index (χ1n) is 4.60. The second-order valence-corrected chi connectivity index (χ2v) is 3.41.